The van der Waals surface area contributed by atoms with Gasteiger partial charge in [0, 0.05) is 41.1 Å². The van der Waals surface area contributed by atoms with Crippen LogP contribution in [0.3, 0.4) is 0 Å². The van der Waals surface area contributed by atoms with Gasteiger partial charge in [0.15, 0.2) is 0 Å². The summed E-state index contributed by atoms with van der Waals surface area (Å²) in [7, 11) is 0. The van der Waals surface area contributed by atoms with Crippen molar-refractivity contribution in [3.63, 3.8) is 0 Å². The molecule has 7 N–H and O–H groups in total. The first-order valence-electron chi connectivity index (χ1n) is 11.2. The summed E-state index contributed by atoms with van der Waals surface area (Å²) in [6.07, 6.45) is 4.22. The summed E-state index contributed by atoms with van der Waals surface area (Å²) in [4.78, 5) is 32.9. The number of nitrogens with two attached hydrogens (primary N) is 1. The van der Waals surface area contributed by atoms with E-state index in [0.717, 1.165) is 16.5 Å². The quantitative estimate of drug-likeness (QED) is 0.156. The van der Waals surface area contributed by atoms with Gasteiger partial charge in [-0.3, -0.25) is 20.0 Å². The van der Waals surface area contributed by atoms with Crippen molar-refractivity contribution < 1.29 is 9.59 Å². The van der Waals surface area contributed by atoms with Gasteiger partial charge in [-0.2, -0.15) is 0 Å². The zero-order valence-corrected chi connectivity index (χ0v) is 19.0. The van der Waals surface area contributed by atoms with E-state index < -0.39 is 11.9 Å². The lowest BCUT2D eigenvalue weighted by atomic mass is 10.1. The molecule has 178 valence electrons. The molecule has 2 aromatic carbocycles. The zero-order valence-electron chi connectivity index (χ0n) is 19.0. The highest BCUT2D eigenvalue weighted by molar-refractivity contribution is 5.96. The van der Waals surface area contributed by atoms with Gasteiger partial charge in [0.05, 0.1) is 12.2 Å². The maximum absolute atomic E-state index is 13.0. The van der Waals surface area contributed by atoms with Crippen molar-refractivity contribution in [1.82, 2.24) is 20.6 Å². The normalized spacial score (nSPS) is 11.5. The molecule has 0 saturated heterocycles. The molecule has 4 aromatic rings. The van der Waals surface area contributed by atoms with Crippen LogP contribution in [0.25, 0.3) is 10.9 Å². The largest absolute Gasteiger partial charge is 0.384 e. The molecule has 0 aliphatic rings. The first-order chi connectivity index (χ1) is 17.0. The lowest BCUT2D eigenvalue weighted by Gasteiger charge is -2.19. The fourth-order valence-corrected chi connectivity index (χ4v) is 3.77. The Bertz CT molecular complexity index is 1330. The van der Waals surface area contributed by atoms with E-state index >= 15 is 0 Å². The third kappa shape index (κ3) is 6.02. The third-order valence-electron chi connectivity index (χ3n) is 5.54. The number of aromatic nitrogens is 2. The number of anilines is 1. The van der Waals surface area contributed by atoms with Gasteiger partial charge >= 0.3 is 0 Å². The number of rotatable bonds is 10. The van der Waals surface area contributed by atoms with Crippen molar-refractivity contribution in [3.05, 3.63) is 95.9 Å². The van der Waals surface area contributed by atoms with Gasteiger partial charge in [-0.1, -0.05) is 36.4 Å². The van der Waals surface area contributed by atoms with Crippen LogP contribution < -0.4 is 21.7 Å². The van der Waals surface area contributed by atoms with E-state index in [1.807, 2.05) is 30.5 Å². The van der Waals surface area contributed by atoms with Crippen molar-refractivity contribution in [2.75, 3.05) is 18.4 Å². The summed E-state index contributed by atoms with van der Waals surface area (Å²) in [5, 5.41) is 17.4. The molecule has 9 nitrogen and oxygen atoms in total. The van der Waals surface area contributed by atoms with Gasteiger partial charge in [0.25, 0.3) is 0 Å². The molecule has 0 aliphatic heterocycles. The number of hydrogen-bond donors (Lipinski definition) is 6. The van der Waals surface area contributed by atoms with Gasteiger partial charge in [0.1, 0.15) is 11.9 Å². The van der Waals surface area contributed by atoms with E-state index in [1.165, 1.54) is 0 Å². The molecule has 2 aromatic heterocycles. The molecular weight excluding hydrogens is 442 g/mol. The number of fused-ring (bicyclic) bond motifs is 1. The van der Waals surface area contributed by atoms with Crippen LogP contribution >= 0.6 is 0 Å². The number of nitrogen functional groups attached to an aromatic ring is 1. The minimum Gasteiger partial charge on any atom is -0.384 e. The van der Waals surface area contributed by atoms with E-state index in [2.05, 4.69) is 25.9 Å². The van der Waals surface area contributed by atoms with Crippen molar-refractivity contribution in [3.8, 4) is 0 Å². The van der Waals surface area contributed by atoms with Crippen molar-refractivity contribution in [1.29, 1.82) is 5.41 Å². The highest BCUT2D eigenvalue weighted by Crippen LogP contribution is 2.20. The van der Waals surface area contributed by atoms with Gasteiger partial charge in [-0.15, -0.1) is 0 Å². The number of pyridine rings is 1. The topological polar surface area (TPSA) is 149 Å². The maximum Gasteiger partial charge on any atom is 0.249 e. The van der Waals surface area contributed by atoms with Crippen LogP contribution in [0.4, 0.5) is 5.69 Å². The van der Waals surface area contributed by atoms with Gasteiger partial charge in [0.2, 0.25) is 11.8 Å². The lowest BCUT2D eigenvalue weighted by Crippen LogP contribution is -2.41. The predicted octanol–water partition coefficient (Wildman–Crippen LogP) is 2.48. The molecule has 0 radical (unpaired) electrons. The second kappa shape index (κ2) is 11.0. The van der Waals surface area contributed by atoms with E-state index in [-0.39, 0.29) is 18.3 Å². The number of nitrogens with zero attached hydrogens (tertiary/aromatic N) is 1. The fourth-order valence-electron chi connectivity index (χ4n) is 3.77. The van der Waals surface area contributed by atoms with Crippen molar-refractivity contribution in [2.45, 2.75) is 12.5 Å². The summed E-state index contributed by atoms with van der Waals surface area (Å²) in [5.74, 6) is -0.753. The Morgan fingerprint density at radius 1 is 1.03 bits per heavy atom. The van der Waals surface area contributed by atoms with Crippen LogP contribution in [-0.4, -0.2) is 40.7 Å². The molecule has 2 heterocycles. The summed E-state index contributed by atoms with van der Waals surface area (Å²) < 4.78 is 0. The number of carbonyl (C=O) groups excluding carboxylic acids is 2. The van der Waals surface area contributed by atoms with Crippen LogP contribution in [-0.2, 0) is 16.0 Å². The zero-order chi connectivity index (χ0) is 24.6. The highest BCUT2D eigenvalue weighted by atomic mass is 16.2. The van der Waals surface area contributed by atoms with Crippen LogP contribution in [0.2, 0.25) is 0 Å². The second-order valence-electron chi connectivity index (χ2n) is 8.00. The number of aromatic amines is 1. The van der Waals surface area contributed by atoms with Crippen LogP contribution in [0.5, 0.6) is 0 Å². The average molecular weight is 470 g/mol. The molecule has 0 fully saturated rings. The van der Waals surface area contributed by atoms with Crippen LogP contribution in [0, 0.1) is 5.41 Å². The van der Waals surface area contributed by atoms with E-state index in [1.54, 1.807) is 48.7 Å². The second-order valence-corrected chi connectivity index (χ2v) is 8.00. The highest BCUT2D eigenvalue weighted by Gasteiger charge is 2.22. The lowest BCUT2D eigenvalue weighted by molar-refractivity contribution is -0.126. The molecule has 2 amide bonds. The molecule has 9 heteroatoms. The summed E-state index contributed by atoms with van der Waals surface area (Å²) >= 11 is 0. The summed E-state index contributed by atoms with van der Waals surface area (Å²) in [6, 6.07) is 19.4. The molecule has 0 aliphatic carbocycles. The summed E-state index contributed by atoms with van der Waals surface area (Å²) in [5.41, 5.74) is 9.40. The molecule has 0 bridgehead atoms. The molecule has 1 atom stereocenters. The van der Waals surface area contributed by atoms with Crippen LogP contribution in [0.1, 0.15) is 22.9 Å². The standard InChI is InChI=1S/C26H27N7O2/c27-25(28)17-6-5-7-19(14-17)33-24(22-10-3-4-12-29-22)26(35)32-16-23(34)30-13-11-18-15-31-21-9-2-1-8-20(18)21/h1-10,12,14-15,24,31,33H,11,13,16H2,(H3,27,28)(H,30,34)(H,32,35). The third-order valence-corrected chi connectivity index (χ3v) is 5.54. The van der Waals surface area contributed by atoms with Crippen molar-refractivity contribution >= 4 is 34.2 Å². The Labute approximate surface area is 202 Å². The molecule has 0 saturated carbocycles. The van der Waals surface area contributed by atoms with Crippen LogP contribution in [0.15, 0.2) is 79.1 Å². The number of carbonyl (C=O) groups is 2. The maximum atomic E-state index is 13.0. The summed E-state index contributed by atoms with van der Waals surface area (Å²) in [6.45, 7) is 0.293. The monoisotopic (exact) mass is 469 g/mol. The number of amidine groups is 1. The minimum atomic E-state index is -0.836. The molecule has 0 spiro atoms. The first-order valence-corrected chi connectivity index (χ1v) is 11.2. The van der Waals surface area contributed by atoms with Gasteiger partial charge in [-0.05, 0) is 42.3 Å². The predicted molar refractivity (Wildman–Crippen MR) is 136 cm³/mol. The van der Waals surface area contributed by atoms with Gasteiger partial charge in [-0.25, -0.2) is 0 Å². The molecule has 35 heavy (non-hydrogen) atoms. The van der Waals surface area contributed by atoms with E-state index in [0.29, 0.717) is 29.9 Å². The van der Waals surface area contributed by atoms with E-state index in [4.69, 9.17) is 11.1 Å². The number of para-hydroxylation sites is 1. The number of hydrogen-bond acceptors (Lipinski definition) is 5. The smallest absolute Gasteiger partial charge is 0.249 e. The molecule has 4 rings (SSSR count). The fraction of sp³-hybridized carbons (Fsp3) is 0.154. The Morgan fingerprint density at radius 2 is 1.86 bits per heavy atom. The number of benzene rings is 2. The Balaban J connectivity index is 1.34. The average Bonchev–Trinajstić information content (AvgIpc) is 3.29. The van der Waals surface area contributed by atoms with E-state index in [9.17, 15) is 9.59 Å². The Morgan fingerprint density at radius 3 is 2.66 bits per heavy atom. The molecular formula is C26H27N7O2. The number of H-pyrrole nitrogens is 1. The SMILES string of the molecule is N=C(N)c1cccc(NC(C(=O)NCC(=O)NCCc2c[nH]c3ccccc23)c2ccccn2)c1. The number of amides is 2. The Hall–Kier alpha value is -4.66. The minimum absolute atomic E-state index is 0.0724. The molecule has 1 unspecified atom stereocenters. The van der Waals surface area contributed by atoms with Crippen molar-refractivity contribution in [2.24, 2.45) is 5.73 Å². The van der Waals surface area contributed by atoms with Gasteiger partial charge < -0.3 is 26.7 Å². The first kappa shape index (κ1) is 23.5. The Kier molecular flexibility index (Phi) is 7.37. The number of nitrogens with one attached hydrogen (secondary N) is 5.